The van der Waals surface area contributed by atoms with Crippen LogP contribution >= 0.6 is 0 Å². The molecule has 0 radical (unpaired) electrons. The van der Waals surface area contributed by atoms with Crippen LogP contribution in [0.2, 0.25) is 0 Å². The summed E-state index contributed by atoms with van der Waals surface area (Å²) in [5.41, 5.74) is 2.63. The molecule has 0 unspecified atom stereocenters. The average Bonchev–Trinajstić information content (AvgIpc) is 2.94. The van der Waals surface area contributed by atoms with E-state index in [-0.39, 0.29) is 5.91 Å². The van der Waals surface area contributed by atoms with Crippen LogP contribution in [-0.2, 0) is 6.54 Å². The minimum absolute atomic E-state index is 0.0750. The molecule has 4 nitrogen and oxygen atoms in total. The predicted octanol–water partition coefficient (Wildman–Crippen LogP) is 2.49. The van der Waals surface area contributed by atoms with Gasteiger partial charge in [-0.2, -0.15) is 0 Å². The minimum Gasteiger partial charge on any atom is -0.361 e. The molecule has 2 aromatic heterocycles. The van der Waals surface area contributed by atoms with E-state index in [2.05, 4.69) is 15.3 Å². The zero-order valence-corrected chi connectivity index (χ0v) is 10.3. The van der Waals surface area contributed by atoms with Crippen LogP contribution in [0.4, 0.5) is 0 Å². The van der Waals surface area contributed by atoms with Crippen LogP contribution < -0.4 is 5.32 Å². The molecule has 2 N–H and O–H groups in total. The first-order valence-electron chi connectivity index (χ1n) is 6.08. The lowest BCUT2D eigenvalue weighted by atomic mass is 10.1. The Hall–Kier alpha value is -2.62. The van der Waals surface area contributed by atoms with Gasteiger partial charge in [0.2, 0.25) is 0 Å². The minimum atomic E-state index is -0.0750. The Morgan fingerprint density at radius 2 is 2.16 bits per heavy atom. The highest BCUT2D eigenvalue weighted by Gasteiger charge is 2.09. The molecule has 19 heavy (non-hydrogen) atoms. The zero-order chi connectivity index (χ0) is 13.1. The van der Waals surface area contributed by atoms with Crippen molar-refractivity contribution in [1.82, 2.24) is 15.3 Å². The third-order valence-corrected chi connectivity index (χ3v) is 3.02. The van der Waals surface area contributed by atoms with Crippen molar-refractivity contribution < 1.29 is 4.79 Å². The number of carbonyl (C=O) groups is 1. The number of hydrogen-bond donors (Lipinski definition) is 2. The molecule has 2 heterocycles. The average molecular weight is 251 g/mol. The smallest absolute Gasteiger partial charge is 0.252 e. The number of pyridine rings is 1. The topological polar surface area (TPSA) is 57.8 Å². The number of aromatic amines is 1. The summed E-state index contributed by atoms with van der Waals surface area (Å²) < 4.78 is 0. The van der Waals surface area contributed by atoms with Gasteiger partial charge in [0.05, 0.1) is 0 Å². The highest BCUT2D eigenvalue weighted by atomic mass is 16.1. The van der Waals surface area contributed by atoms with E-state index in [1.807, 2.05) is 42.6 Å². The highest BCUT2D eigenvalue weighted by Crippen LogP contribution is 2.17. The highest BCUT2D eigenvalue weighted by molar-refractivity contribution is 6.06. The summed E-state index contributed by atoms with van der Waals surface area (Å²) >= 11 is 0. The summed E-state index contributed by atoms with van der Waals surface area (Å²) in [6.07, 6.45) is 5.30. The van der Waals surface area contributed by atoms with E-state index in [4.69, 9.17) is 0 Å². The molecule has 3 rings (SSSR count). The molecule has 3 aromatic rings. The fraction of sp³-hybridized carbons (Fsp3) is 0.0667. The molecule has 0 atom stereocenters. The lowest BCUT2D eigenvalue weighted by Gasteiger charge is -2.06. The molecular weight excluding hydrogens is 238 g/mol. The van der Waals surface area contributed by atoms with Crippen molar-refractivity contribution in [3.8, 4) is 0 Å². The zero-order valence-electron chi connectivity index (χ0n) is 10.3. The van der Waals surface area contributed by atoms with Gasteiger partial charge in [0.15, 0.2) is 0 Å². The van der Waals surface area contributed by atoms with Crippen molar-refractivity contribution in [2.75, 3.05) is 0 Å². The Kier molecular flexibility index (Phi) is 2.98. The Labute approximate surface area is 110 Å². The van der Waals surface area contributed by atoms with Gasteiger partial charge in [-0.3, -0.25) is 9.78 Å². The van der Waals surface area contributed by atoms with Crippen LogP contribution in [0.1, 0.15) is 15.9 Å². The summed E-state index contributed by atoms with van der Waals surface area (Å²) in [6, 6.07) is 11.4. The molecule has 1 aromatic carbocycles. The van der Waals surface area contributed by atoms with Crippen molar-refractivity contribution in [3.05, 3.63) is 66.1 Å². The van der Waals surface area contributed by atoms with E-state index in [1.165, 1.54) is 0 Å². The van der Waals surface area contributed by atoms with Gasteiger partial charge in [0, 0.05) is 41.6 Å². The summed E-state index contributed by atoms with van der Waals surface area (Å²) in [4.78, 5) is 19.3. The third-order valence-electron chi connectivity index (χ3n) is 3.02. The van der Waals surface area contributed by atoms with Crippen molar-refractivity contribution in [2.24, 2.45) is 0 Å². The van der Waals surface area contributed by atoms with Gasteiger partial charge in [-0.05, 0) is 29.8 Å². The number of benzene rings is 1. The fourth-order valence-corrected chi connectivity index (χ4v) is 2.06. The van der Waals surface area contributed by atoms with Crippen LogP contribution in [0.15, 0.2) is 55.0 Å². The number of amides is 1. The molecule has 0 aliphatic carbocycles. The monoisotopic (exact) mass is 251 g/mol. The number of rotatable bonds is 3. The van der Waals surface area contributed by atoms with Gasteiger partial charge in [-0.25, -0.2) is 0 Å². The Bertz CT molecular complexity index is 703. The number of nitrogens with zero attached hydrogens (tertiary/aromatic N) is 1. The molecule has 0 spiro atoms. The molecule has 0 bridgehead atoms. The molecule has 0 saturated heterocycles. The van der Waals surface area contributed by atoms with Crippen LogP contribution in [0, 0.1) is 0 Å². The first kappa shape index (κ1) is 11.5. The summed E-state index contributed by atoms with van der Waals surface area (Å²) in [5.74, 6) is -0.0750. The lowest BCUT2D eigenvalue weighted by Crippen LogP contribution is -2.22. The maximum Gasteiger partial charge on any atom is 0.252 e. The van der Waals surface area contributed by atoms with Gasteiger partial charge in [0.25, 0.3) is 5.91 Å². The maximum absolute atomic E-state index is 12.2. The largest absolute Gasteiger partial charge is 0.361 e. The SMILES string of the molecule is O=C(NCc1cccnc1)c1cccc2[nH]ccc12. The van der Waals surface area contributed by atoms with Crippen molar-refractivity contribution in [1.29, 1.82) is 0 Å². The molecule has 1 amide bonds. The molecule has 0 aliphatic rings. The molecule has 0 fully saturated rings. The number of aromatic nitrogens is 2. The summed E-state index contributed by atoms with van der Waals surface area (Å²) in [5, 5.41) is 3.84. The predicted molar refractivity (Wildman–Crippen MR) is 73.7 cm³/mol. The van der Waals surface area contributed by atoms with E-state index in [0.29, 0.717) is 12.1 Å². The second kappa shape index (κ2) is 4.94. The summed E-state index contributed by atoms with van der Waals surface area (Å²) in [7, 11) is 0. The van der Waals surface area contributed by atoms with Crippen LogP contribution in [-0.4, -0.2) is 15.9 Å². The maximum atomic E-state index is 12.2. The molecule has 0 aliphatic heterocycles. The van der Waals surface area contributed by atoms with Gasteiger partial charge in [-0.15, -0.1) is 0 Å². The van der Waals surface area contributed by atoms with E-state index >= 15 is 0 Å². The Morgan fingerprint density at radius 1 is 1.21 bits per heavy atom. The Morgan fingerprint density at radius 3 is 3.00 bits per heavy atom. The van der Waals surface area contributed by atoms with Gasteiger partial charge < -0.3 is 10.3 Å². The first-order chi connectivity index (χ1) is 9.34. The second-order valence-electron chi connectivity index (χ2n) is 4.29. The standard InChI is InChI=1S/C15H13N3O/c19-15(18-10-11-3-2-7-16-9-11)13-4-1-5-14-12(13)6-8-17-14/h1-9,17H,10H2,(H,18,19). The number of H-pyrrole nitrogens is 1. The van der Waals surface area contributed by atoms with Crippen LogP contribution in [0.5, 0.6) is 0 Å². The number of fused-ring (bicyclic) bond motifs is 1. The Balaban J connectivity index is 1.79. The first-order valence-corrected chi connectivity index (χ1v) is 6.08. The van der Waals surface area contributed by atoms with Crippen LogP contribution in [0.25, 0.3) is 10.9 Å². The molecule has 4 heteroatoms. The van der Waals surface area contributed by atoms with E-state index in [1.54, 1.807) is 12.4 Å². The van der Waals surface area contributed by atoms with Crippen molar-refractivity contribution in [3.63, 3.8) is 0 Å². The van der Waals surface area contributed by atoms with E-state index < -0.39 is 0 Å². The third kappa shape index (κ3) is 2.33. The normalized spacial score (nSPS) is 10.5. The number of hydrogen-bond acceptors (Lipinski definition) is 2. The van der Waals surface area contributed by atoms with Crippen LogP contribution in [0.3, 0.4) is 0 Å². The second-order valence-corrected chi connectivity index (χ2v) is 4.29. The molecular formula is C15H13N3O. The van der Waals surface area contributed by atoms with Crippen molar-refractivity contribution >= 4 is 16.8 Å². The fourth-order valence-electron chi connectivity index (χ4n) is 2.06. The lowest BCUT2D eigenvalue weighted by molar-refractivity contribution is 0.0952. The quantitative estimate of drug-likeness (QED) is 0.751. The number of carbonyl (C=O) groups excluding carboxylic acids is 1. The van der Waals surface area contributed by atoms with E-state index in [9.17, 15) is 4.79 Å². The molecule has 0 saturated carbocycles. The molecule has 94 valence electrons. The van der Waals surface area contributed by atoms with E-state index in [0.717, 1.165) is 16.5 Å². The van der Waals surface area contributed by atoms with Crippen molar-refractivity contribution in [2.45, 2.75) is 6.54 Å². The van der Waals surface area contributed by atoms with Gasteiger partial charge in [0.1, 0.15) is 0 Å². The number of nitrogens with one attached hydrogen (secondary N) is 2. The van der Waals surface area contributed by atoms with Gasteiger partial charge >= 0.3 is 0 Å². The van der Waals surface area contributed by atoms with Gasteiger partial charge in [-0.1, -0.05) is 12.1 Å². The summed E-state index contributed by atoms with van der Waals surface area (Å²) in [6.45, 7) is 0.480.